The number of benzene rings is 1. The van der Waals surface area contributed by atoms with Crippen LogP contribution in [0.25, 0.3) is 5.69 Å². The maximum Gasteiger partial charge on any atom is 0.293 e. The number of methoxy groups -OCH3 is 1. The quantitative estimate of drug-likeness (QED) is 0.814. The van der Waals surface area contributed by atoms with Gasteiger partial charge < -0.3 is 9.64 Å². The van der Waals surface area contributed by atoms with E-state index in [9.17, 15) is 4.79 Å². The molecule has 1 aromatic carbocycles. The van der Waals surface area contributed by atoms with Crippen molar-refractivity contribution < 1.29 is 9.53 Å². The highest BCUT2D eigenvalue weighted by atomic mass is 16.5. The third-order valence-electron chi connectivity index (χ3n) is 3.17. The zero-order valence-corrected chi connectivity index (χ0v) is 10.6. The number of carbonyl (C=O) groups excluding carboxylic acids is 1. The highest BCUT2D eigenvalue weighted by Gasteiger charge is 2.32. The van der Waals surface area contributed by atoms with Crippen LogP contribution >= 0.6 is 0 Å². The second-order valence-electron chi connectivity index (χ2n) is 4.42. The van der Waals surface area contributed by atoms with Gasteiger partial charge in [-0.15, -0.1) is 5.10 Å². The zero-order valence-electron chi connectivity index (χ0n) is 10.6. The lowest BCUT2D eigenvalue weighted by Crippen LogP contribution is -2.54. The van der Waals surface area contributed by atoms with E-state index >= 15 is 0 Å². The van der Waals surface area contributed by atoms with Crippen LogP contribution in [0, 0.1) is 0 Å². The summed E-state index contributed by atoms with van der Waals surface area (Å²) in [6.45, 7) is 1.21. The number of para-hydroxylation sites is 1. The molecular formula is C13H14N4O2. The minimum atomic E-state index is -0.150. The fourth-order valence-electron chi connectivity index (χ4n) is 1.96. The van der Waals surface area contributed by atoms with E-state index in [1.807, 2.05) is 30.3 Å². The average Bonchev–Trinajstić information content (AvgIpc) is 2.88. The molecule has 0 unspecified atom stereocenters. The van der Waals surface area contributed by atoms with Gasteiger partial charge in [0.2, 0.25) is 5.82 Å². The topological polar surface area (TPSA) is 60.2 Å². The Morgan fingerprint density at radius 1 is 1.32 bits per heavy atom. The van der Waals surface area contributed by atoms with Gasteiger partial charge in [0.1, 0.15) is 6.33 Å². The monoisotopic (exact) mass is 258 g/mol. The molecule has 1 saturated heterocycles. The predicted octanol–water partition coefficient (Wildman–Crippen LogP) is 0.738. The van der Waals surface area contributed by atoms with Crippen molar-refractivity contribution >= 4 is 5.91 Å². The van der Waals surface area contributed by atoms with Gasteiger partial charge in [0.05, 0.1) is 11.8 Å². The molecule has 6 nitrogen and oxygen atoms in total. The van der Waals surface area contributed by atoms with Gasteiger partial charge in [-0.2, -0.15) is 0 Å². The minimum Gasteiger partial charge on any atom is -0.378 e. The van der Waals surface area contributed by atoms with Crippen molar-refractivity contribution in [3.05, 3.63) is 42.5 Å². The second-order valence-corrected chi connectivity index (χ2v) is 4.42. The summed E-state index contributed by atoms with van der Waals surface area (Å²) < 4.78 is 6.74. The predicted molar refractivity (Wildman–Crippen MR) is 68.1 cm³/mol. The van der Waals surface area contributed by atoms with E-state index in [-0.39, 0.29) is 17.8 Å². The van der Waals surface area contributed by atoms with Crippen molar-refractivity contribution in [2.45, 2.75) is 6.10 Å². The zero-order chi connectivity index (χ0) is 13.2. The lowest BCUT2D eigenvalue weighted by molar-refractivity contribution is -0.0197. The van der Waals surface area contributed by atoms with Gasteiger partial charge in [-0.3, -0.25) is 4.79 Å². The van der Waals surface area contributed by atoms with Crippen LogP contribution in [0.1, 0.15) is 10.6 Å². The molecule has 0 aliphatic carbocycles. The van der Waals surface area contributed by atoms with Gasteiger partial charge in [0.25, 0.3) is 5.91 Å². The normalized spacial score (nSPS) is 15.3. The maximum absolute atomic E-state index is 12.1. The van der Waals surface area contributed by atoms with Crippen LogP contribution < -0.4 is 0 Å². The van der Waals surface area contributed by atoms with E-state index in [1.54, 1.807) is 23.0 Å². The molecule has 1 fully saturated rings. The molecule has 1 aromatic heterocycles. The molecule has 3 rings (SSSR count). The Kier molecular flexibility index (Phi) is 3.00. The van der Waals surface area contributed by atoms with Gasteiger partial charge in [0, 0.05) is 20.2 Å². The Morgan fingerprint density at radius 3 is 2.74 bits per heavy atom. The molecular weight excluding hydrogens is 244 g/mol. The fourth-order valence-corrected chi connectivity index (χ4v) is 1.96. The first-order valence-electron chi connectivity index (χ1n) is 6.07. The Morgan fingerprint density at radius 2 is 2.05 bits per heavy atom. The van der Waals surface area contributed by atoms with Crippen molar-refractivity contribution in [3.8, 4) is 5.69 Å². The summed E-state index contributed by atoms with van der Waals surface area (Å²) in [4.78, 5) is 17.8. The SMILES string of the molecule is COC1CN(C(=O)c2ncn(-c3ccccc3)n2)C1. The standard InChI is InChI=1S/C13H14N4O2/c1-19-11-7-16(8-11)13(18)12-14-9-17(15-12)10-5-3-2-4-6-10/h2-6,9,11H,7-8H2,1H3. The largest absolute Gasteiger partial charge is 0.378 e. The van der Waals surface area contributed by atoms with Crippen LogP contribution in [0.4, 0.5) is 0 Å². The number of likely N-dealkylation sites (tertiary alicyclic amines) is 1. The number of ether oxygens (including phenoxy) is 1. The fraction of sp³-hybridized carbons (Fsp3) is 0.308. The van der Waals surface area contributed by atoms with Crippen molar-refractivity contribution in [2.24, 2.45) is 0 Å². The number of hydrogen-bond acceptors (Lipinski definition) is 4. The van der Waals surface area contributed by atoms with E-state index in [0.717, 1.165) is 5.69 Å². The summed E-state index contributed by atoms with van der Waals surface area (Å²) in [7, 11) is 1.65. The lowest BCUT2D eigenvalue weighted by Gasteiger charge is -2.37. The second kappa shape index (κ2) is 4.81. The minimum absolute atomic E-state index is 0.139. The molecule has 98 valence electrons. The molecule has 0 radical (unpaired) electrons. The molecule has 0 N–H and O–H groups in total. The Balaban J connectivity index is 1.73. The number of amides is 1. The van der Waals surface area contributed by atoms with Crippen LogP contribution in [0.15, 0.2) is 36.7 Å². The van der Waals surface area contributed by atoms with Crippen LogP contribution in [0.2, 0.25) is 0 Å². The van der Waals surface area contributed by atoms with E-state index in [1.165, 1.54) is 0 Å². The first-order chi connectivity index (χ1) is 9.28. The lowest BCUT2D eigenvalue weighted by atomic mass is 10.1. The van der Waals surface area contributed by atoms with Crippen LogP contribution in [-0.4, -0.2) is 51.9 Å². The number of hydrogen-bond donors (Lipinski definition) is 0. The Bertz CT molecular complexity index is 575. The molecule has 19 heavy (non-hydrogen) atoms. The average molecular weight is 258 g/mol. The van der Waals surface area contributed by atoms with Gasteiger partial charge in [-0.1, -0.05) is 18.2 Å². The third kappa shape index (κ3) is 2.22. The van der Waals surface area contributed by atoms with E-state index in [2.05, 4.69) is 10.1 Å². The van der Waals surface area contributed by atoms with Gasteiger partial charge in [-0.25, -0.2) is 9.67 Å². The molecule has 0 atom stereocenters. The number of rotatable bonds is 3. The molecule has 1 amide bonds. The summed E-state index contributed by atoms with van der Waals surface area (Å²) in [5.41, 5.74) is 0.882. The molecule has 1 aliphatic heterocycles. The molecule has 0 bridgehead atoms. The summed E-state index contributed by atoms with van der Waals surface area (Å²) in [6.07, 6.45) is 1.69. The number of aromatic nitrogens is 3. The molecule has 6 heteroatoms. The highest BCUT2D eigenvalue weighted by molar-refractivity contribution is 5.91. The molecule has 2 aromatic rings. The van der Waals surface area contributed by atoms with Crippen molar-refractivity contribution in [2.75, 3.05) is 20.2 Å². The molecule has 0 saturated carbocycles. The van der Waals surface area contributed by atoms with Gasteiger partial charge in [-0.05, 0) is 12.1 Å². The van der Waals surface area contributed by atoms with Gasteiger partial charge >= 0.3 is 0 Å². The van der Waals surface area contributed by atoms with Crippen LogP contribution in [0.5, 0.6) is 0 Å². The first-order valence-corrected chi connectivity index (χ1v) is 6.07. The number of carbonyl (C=O) groups is 1. The Labute approximate surface area is 110 Å². The number of nitrogens with zero attached hydrogens (tertiary/aromatic N) is 4. The summed E-state index contributed by atoms with van der Waals surface area (Å²) in [6, 6.07) is 9.58. The molecule has 0 spiro atoms. The van der Waals surface area contributed by atoms with Crippen molar-refractivity contribution in [3.63, 3.8) is 0 Å². The highest BCUT2D eigenvalue weighted by Crippen LogP contribution is 2.14. The third-order valence-corrected chi connectivity index (χ3v) is 3.17. The van der Waals surface area contributed by atoms with E-state index in [4.69, 9.17) is 4.74 Å². The van der Waals surface area contributed by atoms with E-state index in [0.29, 0.717) is 13.1 Å². The summed E-state index contributed by atoms with van der Waals surface area (Å²) in [5.74, 6) is 0.0707. The Hall–Kier alpha value is -2.21. The summed E-state index contributed by atoms with van der Waals surface area (Å²) >= 11 is 0. The smallest absolute Gasteiger partial charge is 0.293 e. The van der Waals surface area contributed by atoms with Gasteiger partial charge in [0.15, 0.2) is 0 Å². The maximum atomic E-state index is 12.1. The van der Waals surface area contributed by atoms with Crippen molar-refractivity contribution in [1.29, 1.82) is 0 Å². The molecule has 2 heterocycles. The van der Waals surface area contributed by atoms with E-state index < -0.39 is 0 Å². The first kappa shape index (κ1) is 11.9. The summed E-state index contributed by atoms with van der Waals surface area (Å²) in [5, 5.41) is 4.21. The molecule has 1 aliphatic rings. The van der Waals surface area contributed by atoms with Crippen LogP contribution in [0.3, 0.4) is 0 Å². The van der Waals surface area contributed by atoms with Crippen LogP contribution in [-0.2, 0) is 4.74 Å². The van der Waals surface area contributed by atoms with Crippen molar-refractivity contribution in [1.82, 2.24) is 19.7 Å².